The summed E-state index contributed by atoms with van der Waals surface area (Å²) in [7, 11) is 0. The van der Waals surface area contributed by atoms with Crippen molar-refractivity contribution in [2.75, 3.05) is 0 Å². The first-order valence-electron chi connectivity index (χ1n) is 4.74. The fraction of sp³-hybridized carbons (Fsp3) is 0.0833. The van der Waals surface area contributed by atoms with E-state index in [2.05, 4.69) is 31.9 Å². The first kappa shape index (κ1) is 13.3. The predicted octanol–water partition coefficient (Wildman–Crippen LogP) is 5.47. The van der Waals surface area contributed by atoms with Crippen molar-refractivity contribution in [3.63, 3.8) is 0 Å². The molecule has 0 aliphatic heterocycles. The van der Waals surface area contributed by atoms with Gasteiger partial charge in [0, 0.05) is 11.1 Å². The van der Waals surface area contributed by atoms with Crippen LogP contribution >= 0.6 is 54.8 Å². The molecule has 0 unspecified atom stereocenters. The Morgan fingerprint density at radius 2 is 1.94 bits per heavy atom. The predicted molar refractivity (Wildman–Crippen MR) is 79.3 cm³/mol. The molecule has 0 fully saturated rings. The lowest BCUT2D eigenvalue weighted by molar-refractivity contribution is 0.103. The Bertz CT molecular complexity index is 592. The van der Waals surface area contributed by atoms with Gasteiger partial charge in [0.1, 0.15) is 0 Å². The van der Waals surface area contributed by atoms with Gasteiger partial charge in [0.05, 0.1) is 12.6 Å². The molecule has 1 heterocycles. The Kier molecular flexibility index (Phi) is 4.08. The van der Waals surface area contributed by atoms with Crippen LogP contribution in [0.2, 0.25) is 5.02 Å². The number of benzene rings is 1. The van der Waals surface area contributed by atoms with Gasteiger partial charge in [0.25, 0.3) is 0 Å². The van der Waals surface area contributed by atoms with Crippen molar-refractivity contribution in [3.05, 3.63) is 53.6 Å². The summed E-state index contributed by atoms with van der Waals surface area (Å²) in [6, 6.07) is 7.24. The molecule has 17 heavy (non-hydrogen) atoms. The summed E-state index contributed by atoms with van der Waals surface area (Å²) in [4.78, 5) is 12.3. The normalized spacial score (nSPS) is 10.6. The minimum absolute atomic E-state index is 0.0659. The quantitative estimate of drug-likeness (QED) is 0.618. The van der Waals surface area contributed by atoms with Gasteiger partial charge < -0.3 is 0 Å². The highest BCUT2D eigenvalue weighted by Crippen LogP contribution is 2.34. The van der Waals surface area contributed by atoms with Crippen LogP contribution in [-0.2, 0) is 0 Å². The van der Waals surface area contributed by atoms with Gasteiger partial charge >= 0.3 is 0 Å². The Labute approximate surface area is 125 Å². The van der Waals surface area contributed by atoms with E-state index in [1.807, 2.05) is 13.0 Å². The number of rotatable bonds is 2. The Hall–Kier alpha value is -0.160. The van der Waals surface area contributed by atoms with E-state index in [-0.39, 0.29) is 5.78 Å². The maximum absolute atomic E-state index is 12.3. The largest absolute Gasteiger partial charge is 0.288 e. The summed E-state index contributed by atoms with van der Waals surface area (Å²) < 4.78 is 1.72. The van der Waals surface area contributed by atoms with Gasteiger partial charge in [0.15, 0.2) is 5.78 Å². The lowest BCUT2D eigenvalue weighted by Crippen LogP contribution is -2.01. The molecule has 0 saturated carbocycles. The van der Waals surface area contributed by atoms with E-state index in [0.717, 1.165) is 13.1 Å². The average Bonchev–Trinajstić information content (AvgIpc) is 2.57. The van der Waals surface area contributed by atoms with Crippen LogP contribution in [0.3, 0.4) is 0 Å². The minimum atomic E-state index is -0.0659. The van der Waals surface area contributed by atoms with E-state index in [4.69, 9.17) is 11.6 Å². The number of carbonyl (C=O) groups excluding carboxylic acids is 1. The molecule has 0 N–H and O–H groups in total. The number of aryl methyl sites for hydroxylation is 1. The molecule has 0 atom stereocenters. The Morgan fingerprint density at radius 1 is 1.24 bits per heavy atom. The van der Waals surface area contributed by atoms with Gasteiger partial charge in [-0.1, -0.05) is 17.7 Å². The highest BCUT2D eigenvalue weighted by molar-refractivity contribution is 9.12. The summed E-state index contributed by atoms with van der Waals surface area (Å²) in [6.45, 7) is 1.94. The molecule has 0 amide bonds. The molecule has 1 nitrogen and oxygen atoms in total. The number of ketones is 1. The monoisotopic (exact) mass is 392 g/mol. The van der Waals surface area contributed by atoms with E-state index in [0.29, 0.717) is 16.1 Å². The lowest BCUT2D eigenvalue weighted by Gasteiger charge is -2.03. The molecule has 1 aromatic heterocycles. The van der Waals surface area contributed by atoms with E-state index < -0.39 is 0 Å². The second-order valence-electron chi connectivity index (χ2n) is 3.55. The molecule has 0 saturated heterocycles. The molecule has 88 valence electrons. The Morgan fingerprint density at radius 3 is 2.47 bits per heavy atom. The molecule has 5 heteroatoms. The van der Waals surface area contributed by atoms with Crippen LogP contribution in [0, 0.1) is 6.92 Å². The summed E-state index contributed by atoms with van der Waals surface area (Å²) >= 11 is 14.3. The van der Waals surface area contributed by atoms with Gasteiger partial charge in [-0.25, -0.2) is 0 Å². The first-order valence-corrected chi connectivity index (χ1v) is 7.53. The van der Waals surface area contributed by atoms with Crippen molar-refractivity contribution < 1.29 is 4.79 Å². The molecule has 0 aliphatic rings. The maximum Gasteiger partial charge on any atom is 0.196 e. The number of carbonyl (C=O) groups is 1. The van der Waals surface area contributed by atoms with Crippen LogP contribution in [0.1, 0.15) is 21.5 Å². The number of hydrogen-bond donors (Lipinski definition) is 0. The smallest absolute Gasteiger partial charge is 0.196 e. The zero-order valence-corrected chi connectivity index (χ0v) is 13.5. The van der Waals surface area contributed by atoms with Crippen LogP contribution in [0.4, 0.5) is 0 Å². The summed E-state index contributed by atoms with van der Waals surface area (Å²) in [5.41, 5.74) is 2.20. The minimum Gasteiger partial charge on any atom is -0.288 e. The average molecular weight is 395 g/mol. The molecule has 0 spiro atoms. The third-order valence-corrected chi connectivity index (χ3v) is 4.92. The van der Waals surface area contributed by atoms with Crippen molar-refractivity contribution >= 4 is 60.6 Å². The van der Waals surface area contributed by atoms with Gasteiger partial charge in [-0.3, -0.25) is 4.79 Å². The SMILES string of the molecule is Cc1ccc(C(=O)c2cc(Br)sc2Br)c(Cl)c1. The topological polar surface area (TPSA) is 17.1 Å². The van der Waals surface area contributed by atoms with E-state index in [9.17, 15) is 4.79 Å². The first-order chi connectivity index (χ1) is 7.99. The summed E-state index contributed by atoms with van der Waals surface area (Å²) in [6.07, 6.45) is 0. The van der Waals surface area contributed by atoms with E-state index >= 15 is 0 Å². The maximum atomic E-state index is 12.3. The third-order valence-electron chi connectivity index (χ3n) is 2.27. The zero-order valence-electron chi connectivity index (χ0n) is 8.76. The van der Waals surface area contributed by atoms with Gasteiger partial charge in [-0.2, -0.15) is 0 Å². The molecule has 0 radical (unpaired) electrons. The number of halogens is 3. The summed E-state index contributed by atoms with van der Waals surface area (Å²) in [5.74, 6) is -0.0659. The molecule has 2 rings (SSSR count). The van der Waals surface area contributed by atoms with Crippen LogP contribution in [0.5, 0.6) is 0 Å². The summed E-state index contributed by atoms with van der Waals surface area (Å²) in [5, 5.41) is 0.490. The Balaban J connectivity index is 2.47. The standard InChI is InChI=1S/C12H7Br2ClOS/c1-6-2-3-7(9(15)4-6)11(16)8-5-10(13)17-12(8)14/h2-5H,1H3. The molecular weight excluding hydrogens is 387 g/mol. The second-order valence-corrected chi connectivity index (χ2v) is 7.71. The van der Waals surface area contributed by atoms with Crippen molar-refractivity contribution in [2.24, 2.45) is 0 Å². The van der Waals surface area contributed by atoms with Gasteiger partial charge in [0.2, 0.25) is 0 Å². The van der Waals surface area contributed by atoms with Gasteiger partial charge in [-0.05, 0) is 62.5 Å². The van der Waals surface area contributed by atoms with Gasteiger partial charge in [-0.15, -0.1) is 11.3 Å². The third kappa shape index (κ3) is 2.81. The van der Waals surface area contributed by atoms with Crippen LogP contribution < -0.4 is 0 Å². The zero-order chi connectivity index (χ0) is 12.6. The lowest BCUT2D eigenvalue weighted by atomic mass is 10.0. The highest BCUT2D eigenvalue weighted by Gasteiger charge is 2.17. The fourth-order valence-electron chi connectivity index (χ4n) is 1.44. The van der Waals surface area contributed by atoms with E-state index in [1.54, 1.807) is 18.2 Å². The van der Waals surface area contributed by atoms with Crippen molar-refractivity contribution in [1.82, 2.24) is 0 Å². The van der Waals surface area contributed by atoms with E-state index in [1.165, 1.54) is 11.3 Å². The molecular formula is C12H7Br2ClOS. The van der Waals surface area contributed by atoms with Crippen LogP contribution in [0.15, 0.2) is 31.8 Å². The number of hydrogen-bond acceptors (Lipinski definition) is 2. The second kappa shape index (κ2) is 5.22. The van der Waals surface area contributed by atoms with Crippen molar-refractivity contribution in [3.8, 4) is 0 Å². The molecule has 1 aromatic carbocycles. The van der Waals surface area contributed by atoms with Crippen LogP contribution in [0.25, 0.3) is 0 Å². The molecule has 0 bridgehead atoms. The fourth-order valence-corrected chi connectivity index (χ4v) is 4.56. The van der Waals surface area contributed by atoms with Crippen molar-refractivity contribution in [1.29, 1.82) is 0 Å². The molecule has 2 aromatic rings. The van der Waals surface area contributed by atoms with Crippen molar-refractivity contribution in [2.45, 2.75) is 6.92 Å². The highest BCUT2D eigenvalue weighted by atomic mass is 79.9. The van der Waals surface area contributed by atoms with Crippen LogP contribution in [-0.4, -0.2) is 5.78 Å². The molecule has 0 aliphatic carbocycles. The number of thiophene rings is 1.